The number of amides is 2. The molecule has 0 spiro atoms. The van der Waals surface area contributed by atoms with E-state index in [1.165, 1.54) is 19.1 Å². The minimum atomic E-state index is -0.588. The van der Waals surface area contributed by atoms with Gasteiger partial charge in [0.25, 0.3) is 11.8 Å². The summed E-state index contributed by atoms with van der Waals surface area (Å²) in [7, 11) is 0. The van der Waals surface area contributed by atoms with E-state index < -0.39 is 17.6 Å². The predicted molar refractivity (Wildman–Crippen MR) is 74.0 cm³/mol. The third kappa shape index (κ3) is 2.03. The Morgan fingerprint density at radius 1 is 1.00 bits per heavy atom. The third-order valence-electron chi connectivity index (χ3n) is 3.36. The van der Waals surface area contributed by atoms with E-state index in [4.69, 9.17) is 0 Å². The summed E-state index contributed by atoms with van der Waals surface area (Å²) in [5, 5.41) is 0. The summed E-state index contributed by atoms with van der Waals surface area (Å²) in [6, 6.07) is 9.70. The zero-order valence-electron chi connectivity index (χ0n) is 11.1. The van der Waals surface area contributed by atoms with Crippen LogP contribution in [0.15, 0.2) is 42.5 Å². The Bertz CT molecular complexity index is 798. The molecule has 2 aromatic carbocycles. The Labute approximate surface area is 119 Å². The first-order chi connectivity index (χ1) is 9.99. The first-order valence-corrected chi connectivity index (χ1v) is 6.28. The molecule has 0 fully saturated rings. The number of imide groups is 1. The fourth-order valence-corrected chi connectivity index (χ4v) is 2.31. The molecule has 4 nitrogen and oxygen atoms in total. The number of fused-ring (bicyclic) bond motifs is 1. The van der Waals surface area contributed by atoms with Gasteiger partial charge in [0.1, 0.15) is 5.82 Å². The molecule has 0 bridgehead atoms. The van der Waals surface area contributed by atoms with Crippen LogP contribution in [0.3, 0.4) is 0 Å². The number of ketones is 1. The number of carbonyl (C=O) groups is 3. The van der Waals surface area contributed by atoms with Gasteiger partial charge in [-0.2, -0.15) is 0 Å². The van der Waals surface area contributed by atoms with Crippen LogP contribution in [0.2, 0.25) is 0 Å². The Kier molecular flexibility index (Phi) is 2.90. The van der Waals surface area contributed by atoms with Crippen molar-refractivity contribution in [3.8, 4) is 0 Å². The molecule has 0 aromatic heterocycles. The van der Waals surface area contributed by atoms with Gasteiger partial charge in [-0.15, -0.1) is 0 Å². The topological polar surface area (TPSA) is 54.5 Å². The van der Waals surface area contributed by atoms with Gasteiger partial charge in [-0.05, 0) is 37.3 Å². The van der Waals surface area contributed by atoms with Crippen molar-refractivity contribution in [1.82, 2.24) is 0 Å². The second-order valence-electron chi connectivity index (χ2n) is 4.74. The number of anilines is 1. The lowest BCUT2D eigenvalue weighted by Crippen LogP contribution is -2.29. The number of carbonyl (C=O) groups excluding carboxylic acids is 3. The molecule has 0 unspecified atom stereocenters. The van der Waals surface area contributed by atoms with Gasteiger partial charge in [0.15, 0.2) is 5.78 Å². The molecule has 2 aromatic rings. The maximum Gasteiger partial charge on any atom is 0.266 e. The highest BCUT2D eigenvalue weighted by Crippen LogP contribution is 2.29. The molecule has 0 saturated heterocycles. The first kappa shape index (κ1) is 13.2. The molecule has 3 rings (SSSR count). The largest absolute Gasteiger partial charge is 0.295 e. The van der Waals surface area contributed by atoms with E-state index in [0.29, 0.717) is 11.3 Å². The van der Waals surface area contributed by atoms with Gasteiger partial charge >= 0.3 is 0 Å². The predicted octanol–water partition coefficient (Wildman–Crippen LogP) is 2.83. The van der Waals surface area contributed by atoms with Crippen molar-refractivity contribution in [3.05, 3.63) is 65.0 Å². The molecular formula is C16H10FNO3. The summed E-state index contributed by atoms with van der Waals surface area (Å²) < 4.78 is 13.2. The maximum atomic E-state index is 13.2. The number of benzene rings is 2. The van der Waals surface area contributed by atoms with Gasteiger partial charge in [-0.1, -0.05) is 12.1 Å². The highest BCUT2D eigenvalue weighted by atomic mass is 19.1. The summed E-state index contributed by atoms with van der Waals surface area (Å²) >= 11 is 0. The van der Waals surface area contributed by atoms with Crippen LogP contribution >= 0.6 is 0 Å². The minimum absolute atomic E-state index is 0.0354. The normalized spacial score (nSPS) is 13.5. The lowest BCUT2D eigenvalue weighted by Gasteiger charge is -2.14. The van der Waals surface area contributed by atoms with Crippen molar-refractivity contribution in [1.29, 1.82) is 0 Å². The van der Waals surface area contributed by atoms with Crippen molar-refractivity contribution >= 4 is 23.3 Å². The maximum absolute atomic E-state index is 13.2. The Balaban J connectivity index is 2.10. The second kappa shape index (κ2) is 4.63. The molecule has 2 amide bonds. The summed E-state index contributed by atoms with van der Waals surface area (Å²) in [6.45, 7) is 1.40. The highest BCUT2D eigenvalue weighted by molar-refractivity contribution is 6.34. The zero-order valence-corrected chi connectivity index (χ0v) is 11.1. The Morgan fingerprint density at radius 2 is 1.71 bits per heavy atom. The SMILES string of the molecule is CC(=O)c1cccc(N2C(=O)c3ccc(F)cc3C2=O)c1. The first-order valence-electron chi connectivity index (χ1n) is 6.28. The fourth-order valence-electron chi connectivity index (χ4n) is 2.31. The smallest absolute Gasteiger partial charge is 0.266 e. The van der Waals surface area contributed by atoms with E-state index in [0.717, 1.165) is 17.0 Å². The summed E-state index contributed by atoms with van der Waals surface area (Å²) in [5.74, 6) is -1.85. The highest BCUT2D eigenvalue weighted by Gasteiger charge is 2.37. The molecule has 5 heteroatoms. The summed E-state index contributed by atoms with van der Waals surface area (Å²) in [4.78, 5) is 36.9. The molecule has 0 aliphatic carbocycles. The van der Waals surface area contributed by atoms with Gasteiger partial charge in [0, 0.05) is 5.56 Å². The minimum Gasteiger partial charge on any atom is -0.295 e. The molecule has 0 saturated carbocycles. The number of hydrogen-bond donors (Lipinski definition) is 0. The number of nitrogens with zero attached hydrogens (tertiary/aromatic N) is 1. The third-order valence-corrected chi connectivity index (χ3v) is 3.36. The van der Waals surface area contributed by atoms with Crippen LogP contribution in [0.4, 0.5) is 10.1 Å². The zero-order chi connectivity index (χ0) is 15.1. The number of halogens is 1. The van der Waals surface area contributed by atoms with E-state index >= 15 is 0 Å². The van der Waals surface area contributed by atoms with Gasteiger partial charge in [-0.25, -0.2) is 9.29 Å². The van der Waals surface area contributed by atoms with Crippen LogP contribution < -0.4 is 4.90 Å². The van der Waals surface area contributed by atoms with Crippen LogP contribution in [0.1, 0.15) is 38.0 Å². The molecule has 0 N–H and O–H groups in total. The van der Waals surface area contributed by atoms with Gasteiger partial charge in [0.05, 0.1) is 16.8 Å². The number of rotatable bonds is 2. The van der Waals surface area contributed by atoms with E-state index in [-0.39, 0.29) is 16.9 Å². The lowest BCUT2D eigenvalue weighted by molar-refractivity contribution is 0.0923. The quantitative estimate of drug-likeness (QED) is 0.629. The number of Topliss-reactive ketones (excluding diaryl/α,β-unsaturated/α-hetero) is 1. The molecule has 1 heterocycles. The molecule has 104 valence electrons. The van der Waals surface area contributed by atoms with E-state index in [1.807, 2.05) is 0 Å². The van der Waals surface area contributed by atoms with Crippen LogP contribution in [0.5, 0.6) is 0 Å². The molecule has 0 atom stereocenters. The van der Waals surface area contributed by atoms with Gasteiger partial charge in [0.2, 0.25) is 0 Å². The van der Waals surface area contributed by atoms with Crippen molar-refractivity contribution in [2.24, 2.45) is 0 Å². The van der Waals surface area contributed by atoms with E-state index in [1.54, 1.807) is 18.2 Å². The van der Waals surface area contributed by atoms with Crippen LogP contribution in [-0.4, -0.2) is 17.6 Å². The Hall–Kier alpha value is -2.82. The fraction of sp³-hybridized carbons (Fsp3) is 0.0625. The standard InChI is InChI=1S/C16H10FNO3/c1-9(19)10-3-2-4-12(7-10)18-15(20)13-6-5-11(17)8-14(13)16(18)21/h2-8H,1H3. The van der Waals surface area contributed by atoms with Crippen molar-refractivity contribution in [3.63, 3.8) is 0 Å². The van der Waals surface area contributed by atoms with E-state index in [2.05, 4.69) is 0 Å². The van der Waals surface area contributed by atoms with Crippen LogP contribution in [-0.2, 0) is 0 Å². The summed E-state index contributed by atoms with van der Waals surface area (Å²) in [5.41, 5.74) is 0.896. The summed E-state index contributed by atoms with van der Waals surface area (Å²) in [6.07, 6.45) is 0. The van der Waals surface area contributed by atoms with E-state index in [9.17, 15) is 18.8 Å². The average molecular weight is 283 g/mol. The Morgan fingerprint density at radius 3 is 2.43 bits per heavy atom. The lowest BCUT2D eigenvalue weighted by atomic mass is 10.1. The molecule has 1 aliphatic heterocycles. The molecule has 1 aliphatic rings. The second-order valence-corrected chi connectivity index (χ2v) is 4.74. The monoisotopic (exact) mass is 283 g/mol. The molecule has 0 radical (unpaired) electrons. The van der Waals surface area contributed by atoms with Crippen LogP contribution in [0, 0.1) is 5.82 Å². The van der Waals surface area contributed by atoms with Crippen molar-refractivity contribution < 1.29 is 18.8 Å². The number of hydrogen-bond acceptors (Lipinski definition) is 3. The van der Waals surface area contributed by atoms with Gasteiger partial charge < -0.3 is 0 Å². The van der Waals surface area contributed by atoms with Gasteiger partial charge in [-0.3, -0.25) is 14.4 Å². The molecule has 21 heavy (non-hydrogen) atoms. The van der Waals surface area contributed by atoms with Crippen molar-refractivity contribution in [2.75, 3.05) is 4.90 Å². The average Bonchev–Trinajstić information content (AvgIpc) is 2.70. The molecular weight excluding hydrogens is 273 g/mol. The van der Waals surface area contributed by atoms with Crippen LogP contribution in [0.25, 0.3) is 0 Å². The van der Waals surface area contributed by atoms with Crippen molar-refractivity contribution in [2.45, 2.75) is 6.92 Å².